The van der Waals surface area contributed by atoms with Gasteiger partial charge in [-0.05, 0) is 17.9 Å². The highest BCUT2D eigenvalue weighted by atomic mass is 32.1. The summed E-state index contributed by atoms with van der Waals surface area (Å²) < 4.78 is 40.8. The second-order valence-corrected chi connectivity index (χ2v) is 4.32. The number of rotatable bonds is 3. The molecule has 0 fully saturated rings. The first-order valence-electron chi connectivity index (χ1n) is 4.83. The molecule has 0 unspecified atom stereocenters. The van der Waals surface area contributed by atoms with Crippen LogP contribution in [0.2, 0.25) is 0 Å². The molecule has 0 radical (unpaired) electrons. The number of alkyl halides is 3. The summed E-state index contributed by atoms with van der Waals surface area (Å²) in [6, 6.07) is 0. The van der Waals surface area contributed by atoms with E-state index in [0.29, 0.717) is 5.56 Å². The van der Waals surface area contributed by atoms with Crippen LogP contribution in [0.4, 0.5) is 13.2 Å². The standard InChI is InChI=1S/C10H7F3N2O2S/c1-5-3-18-4-6(5)9-14-8(17-15-9)2-7(16)10(11,12)13/h3-4H,2H2,1H3. The Labute approximate surface area is 103 Å². The minimum Gasteiger partial charge on any atom is -0.338 e. The van der Waals surface area contributed by atoms with Crippen LogP contribution >= 0.6 is 11.3 Å². The van der Waals surface area contributed by atoms with Crippen molar-refractivity contribution in [2.45, 2.75) is 19.5 Å². The summed E-state index contributed by atoms with van der Waals surface area (Å²) in [6.45, 7) is 1.82. The van der Waals surface area contributed by atoms with Gasteiger partial charge in [-0.3, -0.25) is 4.79 Å². The molecule has 4 nitrogen and oxygen atoms in total. The average molecular weight is 276 g/mol. The van der Waals surface area contributed by atoms with E-state index in [2.05, 4.69) is 14.7 Å². The first-order valence-corrected chi connectivity index (χ1v) is 5.78. The number of carbonyl (C=O) groups excluding carboxylic acids is 1. The highest BCUT2D eigenvalue weighted by Crippen LogP contribution is 2.25. The lowest BCUT2D eigenvalue weighted by atomic mass is 10.2. The molecule has 0 spiro atoms. The van der Waals surface area contributed by atoms with Gasteiger partial charge in [0.2, 0.25) is 17.5 Å². The van der Waals surface area contributed by atoms with E-state index in [1.165, 1.54) is 11.3 Å². The molecule has 0 aliphatic rings. The maximum Gasteiger partial charge on any atom is 0.450 e. The fourth-order valence-electron chi connectivity index (χ4n) is 1.26. The van der Waals surface area contributed by atoms with E-state index in [4.69, 9.17) is 0 Å². The topological polar surface area (TPSA) is 56.0 Å². The number of thiophene rings is 1. The molecule has 18 heavy (non-hydrogen) atoms. The molecular weight excluding hydrogens is 269 g/mol. The largest absolute Gasteiger partial charge is 0.450 e. The van der Waals surface area contributed by atoms with Gasteiger partial charge in [-0.15, -0.1) is 0 Å². The molecular formula is C10H7F3N2O2S. The average Bonchev–Trinajstić information content (AvgIpc) is 2.85. The Morgan fingerprint density at radius 3 is 2.72 bits per heavy atom. The molecule has 96 valence electrons. The van der Waals surface area contributed by atoms with E-state index in [0.717, 1.165) is 5.56 Å². The van der Waals surface area contributed by atoms with Gasteiger partial charge < -0.3 is 4.52 Å². The summed E-state index contributed by atoms with van der Waals surface area (Å²) in [7, 11) is 0. The highest BCUT2D eigenvalue weighted by Gasteiger charge is 2.39. The summed E-state index contributed by atoms with van der Waals surface area (Å²) in [5.41, 5.74) is 1.59. The van der Waals surface area contributed by atoms with Gasteiger partial charge in [-0.1, -0.05) is 5.16 Å². The van der Waals surface area contributed by atoms with Gasteiger partial charge in [-0.2, -0.15) is 29.5 Å². The molecule has 8 heteroatoms. The molecule has 0 aliphatic heterocycles. The predicted molar refractivity (Wildman–Crippen MR) is 57.1 cm³/mol. The summed E-state index contributed by atoms with van der Waals surface area (Å²) in [5, 5.41) is 7.17. The van der Waals surface area contributed by atoms with E-state index < -0.39 is 18.4 Å². The van der Waals surface area contributed by atoms with Crippen LogP contribution in [0, 0.1) is 6.92 Å². The quantitative estimate of drug-likeness (QED) is 0.865. The number of carbonyl (C=O) groups is 1. The molecule has 0 amide bonds. The summed E-state index contributed by atoms with van der Waals surface area (Å²) in [5.74, 6) is -2.05. The molecule has 0 N–H and O–H groups in total. The van der Waals surface area contributed by atoms with Gasteiger partial charge in [0, 0.05) is 10.9 Å². The Morgan fingerprint density at radius 2 is 2.17 bits per heavy atom. The van der Waals surface area contributed by atoms with Gasteiger partial charge in [0.1, 0.15) is 0 Å². The molecule has 0 saturated carbocycles. The van der Waals surface area contributed by atoms with E-state index in [1.807, 2.05) is 12.3 Å². The van der Waals surface area contributed by atoms with E-state index in [-0.39, 0.29) is 11.7 Å². The van der Waals surface area contributed by atoms with Gasteiger partial charge in [0.15, 0.2) is 0 Å². The summed E-state index contributed by atoms with van der Waals surface area (Å²) in [4.78, 5) is 14.5. The fraction of sp³-hybridized carbons (Fsp3) is 0.300. The number of aromatic nitrogens is 2. The molecule has 2 heterocycles. The number of hydrogen-bond donors (Lipinski definition) is 0. The summed E-state index contributed by atoms with van der Waals surface area (Å²) in [6.07, 6.45) is -5.81. The van der Waals surface area contributed by atoms with Crippen LogP contribution in [0.3, 0.4) is 0 Å². The Balaban J connectivity index is 2.17. The third-order valence-electron chi connectivity index (χ3n) is 2.19. The Kier molecular flexibility index (Phi) is 3.20. The zero-order valence-electron chi connectivity index (χ0n) is 9.11. The number of Topliss-reactive ketones (excluding diaryl/α,β-unsaturated/α-hetero) is 1. The molecule has 0 bridgehead atoms. The Bertz CT molecular complexity index is 574. The molecule has 2 rings (SSSR count). The van der Waals surface area contributed by atoms with Crippen molar-refractivity contribution >= 4 is 17.1 Å². The molecule has 2 aromatic heterocycles. The molecule has 0 aromatic carbocycles. The fourth-order valence-corrected chi connectivity index (χ4v) is 2.09. The third-order valence-corrected chi connectivity index (χ3v) is 3.05. The van der Waals surface area contributed by atoms with Crippen LogP contribution < -0.4 is 0 Å². The monoisotopic (exact) mass is 276 g/mol. The lowest BCUT2D eigenvalue weighted by Crippen LogP contribution is -2.24. The zero-order valence-corrected chi connectivity index (χ0v) is 9.93. The predicted octanol–water partition coefficient (Wildman–Crippen LogP) is 2.78. The van der Waals surface area contributed by atoms with Crippen molar-refractivity contribution in [2.75, 3.05) is 0 Å². The second-order valence-electron chi connectivity index (χ2n) is 3.58. The van der Waals surface area contributed by atoms with Crippen molar-refractivity contribution in [2.24, 2.45) is 0 Å². The maximum absolute atomic E-state index is 12.0. The van der Waals surface area contributed by atoms with Crippen LogP contribution in [0.25, 0.3) is 11.4 Å². The van der Waals surface area contributed by atoms with E-state index in [1.54, 1.807) is 5.38 Å². The molecule has 2 aromatic rings. The normalized spacial score (nSPS) is 11.8. The van der Waals surface area contributed by atoms with Crippen molar-refractivity contribution < 1.29 is 22.5 Å². The van der Waals surface area contributed by atoms with Crippen LogP contribution in [-0.2, 0) is 11.2 Å². The summed E-state index contributed by atoms with van der Waals surface area (Å²) >= 11 is 1.42. The maximum atomic E-state index is 12.0. The highest BCUT2D eigenvalue weighted by molar-refractivity contribution is 7.08. The first-order chi connectivity index (χ1) is 8.38. The van der Waals surface area contributed by atoms with Gasteiger partial charge in [-0.25, -0.2) is 0 Å². The zero-order chi connectivity index (χ0) is 13.3. The molecule has 0 aliphatic carbocycles. The molecule has 0 saturated heterocycles. The van der Waals surface area contributed by atoms with Gasteiger partial charge >= 0.3 is 6.18 Å². The smallest absolute Gasteiger partial charge is 0.338 e. The SMILES string of the molecule is Cc1cscc1-c1noc(CC(=O)C(F)(F)F)n1. The number of halogens is 3. The number of hydrogen-bond acceptors (Lipinski definition) is 5. The van der Waals surface area contributed by atoms with Crippen molar-refractivity contribution in [1.29, 1.82) is 0 Å². The van der Waals surface area contributed by atoms with Gasteiger partial charge in [0.25, 0.3) is 0 Å². The number of ketones is 1. The van der Waals surface area contributed by atoms with Crippen molar-refractivity contribution in [1.82, 2.24) is 10.1 Å². The van der Waals surface area contributed by atoms with Crippen LogP contribution in [0.5, 0.6) is 0 Å². The van der Waals surface area contributed by atoms with Crippen molar-refractivity contribution in [3.05, 3.63) is 22.2 Å². The van der Waals surface area contributed by atoms with Crippen molar-refractivity contribution in [3.8, 4) is 11.4 Å². The second kappa shape index (κ2) is 4.52. The van der Waals surface area contributed by atoms with Crippen LogP contribution in [0.1, 0.15) is 11.5 Å². The van der Waals surface area contributed by atoms with Crippen LogP contribution in [0.15, 0.2) is 15.3 Å². The Morgan fingerprint density at radius 1 is 1.44 bits per heavy atom. The third kappa shape index (κ3) is 2.58. The first kappa shape index (κ1) is 12.7. The minimum absolute atomic E-state index is 0.193. The number of aryl methyl sites for hydroxylation is 1. The molecule has 0 atom stereocenters. The van der Waals surface area contributed by atoms with E-state index in [9.17, 15) is 18.0 Å². The lowest BCUT2D eigenvalue weighted by Gasteiger charge is -2.00. The Hall–Kier alpha value is -1.70. The van der Waals surface area contributed by atoms with E-state index >= 15 is 0 Å². The van der Waals surface area contributed by atoms with Gasteiger partial charge in [0.05, 0.1) is 6.42 Å². The lowest BCUT2D eigenvalue weighted by molar-refractivity contribution is -0.170. The van der Waals surface area contributed by atoms with Crippen LogP contribution in [-0.4, -0.2) is 22.1 Å². The van der Waals surface area contributed by atoms with Crippen molar-refractivity contribution in [3.63, 3.8) is 0 Å². The minimum atomic E-state index is -4.88. The number of nitrogens with zero attached hydrogens (tertiary/aromatic N) is 2.